The van der Waals surface area contributed by atoms with Crippen LogP contribution in [0.15, 0.2) is 29.1 Å². The Morgan fingerprint density at radius 3 is 2.56 bits per heavy atom. The maximum Gasteiger partial charge on any atom is 0.299 e. The van der Waals surface area contributed by atoms with Crippen LogP contribution >= 0.6 is 0 Å². The third kappa shape index (κ3) is 1.60. The highest BCUT2D eigenvalue weighted by atomic mass is 16.3. The second kappa shape index (κ2) is 3.65. The molecule has 1 heterocycles. The van der Waals surface area contributed by atoms with Gasteiger partial charge in [0.2, 0.25) is 0 Å². The molecule has 2 rings (SSSR count). The van der Waals surface area contributed by atoms with Gasteiger partial charge >= 0.3 is 0 Å². The van der Waals surface area contributed by atoms with Gasteiger partial charge in [0.05, 0.1) is 5.69 Å². The number of benzene rings is 1. The van der Waals surface area contributed by atoms with Crippen molar-refractivity contribution in [1.29, 1.82) is 5.41 Å². The quantitative estimate of drug-likeness (QED) is 0.526. The maximum atomic E-state index is 11.6. The van der Waals surface area contributed by atoms with E-state index in [9.17, 15) is 9.90 Å². The SMILES string of the molecule is Cc1ccc(-n2[nH]nc(C(=N)[O-])c2=O)cc1. The molecule has 1 aromatic carbocycles. The van der Waals surface area contributed by atoms with Gasteiger partial charge in [-0.2, -0.15) is 5.10 Å². The molecule has 0 aliphatic heterocycles. The summed E-state index contributed by atoms with van der Waals surface area (Å²) in [5.41, 5.74) is 0.633. The lowest BCUT2D eigenvalue weighted by Crippen LogP contribution is -2.27. The van der Waals surface area contributed by atoms with Gasteiger partial charge in [-0.15, -0.1) is 0 Å². The summed E-state index contributed by atoms with van der Waals surface area (Å²) >= 11 is 0. The molecule has 16 heavy (non-hydrogen) atoms. The number of aromatic nitrogens is 3. The number of aromatic amines is 1. The molecule has 0 unspecified atom stereocenters. The van der Waals surface area contributed by atoms with Crippen LogP contribution in [0.5, 0.6) is 0 Å². The topological polar surface area (TPSA) is 97.6 Å². The zero-order valence-electron chi connectivity index (χ0n) is 8.52. The van der Waals surface area contributed by atoms with Crippen LogP contribution in [0.4, 0.5) is 0 Å². The van der Waals surface area contributed by atoms with Gasteiger partial charge in [0.25, 0.3) is 5.56 Å². The van der Waals surface area contributed by atoms with E-state index in [1.807, 2.05) is 19.1 Å². The molecule has 1 aromatic heterocycles. The third-order valence-corrected chi connectivity index (χ3v) is 2.17. The van der Waals surface area contributed by atoms with Crippen molar-refractivity contribution in [2.45, 2.75) is 6.92 Å². The number of hydrogen-bond acceptors (Lipinski definition) is 4. The maximum absolute atomic E-state index is 11.6. The van der Waals surface area contributed by atoms with E-state index in [1.54, 1.807) is 12.1 Å². The Morgan fingerprint density at radius 2 is 2.06 bits per heavy atom. The minimum Gasteiger partial charge on any atom is -0.857 e. The molecule has 82 valence electrons. The Balaban J connectivity index is 2.53. The molecular formula is C10H9N4O2-. The van der Waals surface area contributed by atoms with Gasteiger partial charge < -0.3 is 10.5 Å². The molecular weight excluding hydrogens is 208 g/mol. The number of nitrogens with one attached hydrogen (secondary N) is 2. The molecule has 0 radical (unpaired) electrons. The predicted octanol–water partition coefficient (Wildman–Crippen LogP) is -0.445. The largest absolute Gasteiger partial charge is 0.857 e. The molecule has 0 aliphatic carbocycles. The van der Waals surface area contributed by atoms with Crippen molar-refractivity contribution < 1.29 is 5.11 Å². The summed E-state index contributed by atoms with van der Waals surface area (Å²) in [6, 6.07) is 7.13. The molecule has 6 nitrogen and oxygen atoms in total. The van der Waals surface area contributed by atoms with Crippen LogP contribution in [0.3, 0.4) is 0 Å². The van der Waals surface area contributed by atoms with Crippen LogP contribution in [-0.2, 0) is 0 Å². The van der Waals surface area contributed by atoms with Gasteiger partial charge in [-0.25, -0.2) is 9.90 Å². The average molecular weight is 217 g/mol. The van der Waals surface area contributed by atoms with E-state index in [0.717, 1.165) is 10.2 Å². The predicted molar refractivity (Wildman–Crippen MR) is 55.8 cm³/mol. The van der Waals surface area contributed by atoms with Crippen LogP contribution in [-0.4, -0.2) is 20.9 Å². The first-order valence-electron chi connectivity index (χ1n) is 4.60. The van der Waals surface area contributed by atoms with Gasteiger partial charge in [0.15, 0.2) is 5.69 Å². The standard InChI is InChI=1S/C10H10N4O2/c1-6-2-4-7(5-3-6)14-10(16)8(9(11)15)12-13-14/h2-5,13H,1H3,(H2,11,15)/p-1. The first kappa shape index (κ1) is 10.2. The summed E-state index contributed by atoms with van der Waals surface area (Å²) in [5.74, 6) is -1.09. The minimum atomic E-state index is -1.09. The number of aryl methyl sites for hydroxylation is 1. The van der Waals surface area contributed by atoms with E-state index in [4.69, 9.17) is 5.41 Å². The lowest BCUT2D eigenvalue weighted by molar-refractivity contribution is -0.215. The minimum absolute atomic E-state index is 0.402. The summed E-state index contributed by atoms with van der Waals surface area (Å²) in [4.78, 5) is 11.6. The first-order valence-corrected chi connectivity index (χ1v) is 4.60. The Morgan fingerprint density at radius 1 is 1.44 bits per heavy atom. The van der Waals surface area contributed by atoms with Crippen LogP contribution < -0.4 is 10.7 Å². The average Bonchev–Trinajstić information content (AvgIpc) is 2.61. The van der Waals surface area contributed by atoms with Crippen molar-refractivity contribution in [3.8, 4) is 5.69 Å². The van der Waals surface area contributed by atoms with Crippen LogP contribution in [0.1, 0.15) is 11.3 Å². The molecule has 0 fully saturated rings. The molecule has 0 atom stereocenters. The van der Waals surface area contributed by atoms with E-state index in [2.05, 4.69) is 10.3 Å². The van der Waals surface area contributed by atoms with Crippen LogP contribution in [0, 0.1) is 12.3 Å². The number of nitrogens with zero attached hydrogens (tertiary/aromatic N) is 2. The van der Waals surface area contributed by atoms with Crippen molar-refractivity contribution >= 4 is 5.90 Å². The van der Waals surface area contributed by atoms with Crippen LogP contribution in [0.25, 0.3) is 5.69 Å². The molecule has 2 aromatic rings. The van der Waals surface area contributed by atoms with Crippen molar-refractivity contribution in [3.63, 3.8) is 0 Å². The molecule has 0 amide bonds. The van der Waals surface area contributed by atoms with E-state index in [0.29, 0.717) is 5.69 Å². The van der Waals surface area contributed by atoms with Crippen molar-refractivity contribution in [2.75, 3.05) is 0 Å². The molecule has 0 spiro atoms. The molecule has 0 bridgehead atoms. The van der Waals surface area contributed by atoms with Gasteiger partial charge in [-0.05, 0) is 19.1 Å². The zero-order valence-corrected chi connectivity index (χ0v) is 8.52. The lowest BCUT2D eigenvalue weighted by Gasteiger charge is -2.01. The molecule has 0 aliphatic rings. The Labute approximate surface area is 90.7 Å². The first-order chi connectivity index (χ1) is 7.59. The molecule has 0 saturated heterocycles. The third-order valence-electron chi connectivity index (χ3n) is 2.17. The highest BCUT2D eigenvalue weighted by Crippen LogP contribution is 2.05. The van der Waals surface area contributed by atoms with Gasteiger partial charge in [-0.3, -0.25) is 4.79 Å². The smallest absolute Gasteiger partial charge is 0.299 e. The number of H-pyrrole nitrogens is 1. The summed E-state index contributed by atoms with van der Waals surface area (Å²) in [5, 5.41) is 23.5. The molecule has 0 saturated carbocycles. The fourth-order valence-corrected chi connectivity index (χ4v) is 1.32. The normalized spacial score (nSPS) is 10.3. The Hall–Kier alpha value is -2.37. The summed E-state index contributed by atoms with van der Waals surface area (Å²) in [6.07, 6.45) is 0. The van der Waals surface area contributed by atoms with Gasteiger partial charge in [0.1, 0.15) is 0 Å². The fraction of sp³-hybridized carbons (Fsp3) is 0.100. The Bertz CT molecular complexity index is 580. The summed E-state index contributed by atoms with van der Waals surface area (Å²) < 4.78 is 1.13. The van der Waals surface area contributed by atoms with Crippen molar-refractivity contribution in [3.05, 3.63) is 45.9 Å². The van der Waals surface area contributed by atoms with E-state index >= 15 is 0 Å². The lowest BCUT2D eigenvalue weighted by atomic mass is 10.2. The van der Waals surface area contributed by atoms with E-state index < -0.39 is 17.2 Å². The molecule has 2 N–H and O–H groups in total. The fourth-order valence-electron chi connectivity index (χ4n) is 1.32. The van der Waals surface area contributed by atoms with Gasteiger partial charge in [-0.1, -0.05) is 17.7 Å². The second-order valence-electron chi connectivity index (χ2n) is 3.37. The van der Waals surface area contributed by atoms with E-state index in [1.165, 1.54) is 0 Å². The van der Waals surface area contributed by atoms with Crippen molar-refractivity contribution in [2.24, 2.45) is 0 Å². The molecule has 6 heteroatoms. The van der Waals surface area contributed by atoms with E-state index in [-0.39, 0.29) is 0 Å². The highest BCUT2D eigenvalue weighted by Gasteiger charge is 2.08. The van der Waals surface area contributed by atoms with Gasteiger partial charge in [0, 0.05) is 5.90 Å². The zero-order chi connectivity index (χ0) is 11.7. The monoisotopic (exact) mass is 217 g/mol. The summed E-state index contributed by atoms with van der Waals surface area (Å²) in [6.45, 7) is 1.93. The number of hydrogen-bond donors (Lipinski definition) is 2. The second-order valence-corrected chi connectivity index (χ2v) is 3.37. The number of rotatable bonds is 2. The highest BCUT2D eigenvalue weighted by molar-refractivity contribution is 5.85. The summed E-state index contributed by atoms with van der Waals surface area (Å²) in [7, 11) is 0. The van der Waals surface area contributed by atoms with Crippen LogP contribution in [0.2, 0.25) is 0 Å². The Kier molecular flexibility index (Phi) is 2.32. The van der Waals surface area contributed by atoms with Crippen molar-refractivity contribution in [1.82, 2.24) is 15.0 Å².